The van der Waals surface area contributed by atoms with E-state index < -0.39 is 0 Å². The summed E-state index contributed by atoms with van der Waals surface area (Å²) in [4.78, 5) is 28.8. The first-order chi connectivity index (χ1) is 14.7. The Labute approximate surface area is 173 Å². The number of benzene rings is 2. The van der Waals surface area contributed by atoms with Crippen molar-refractivity contribution in [1.29, 1.82) is 0 Å². The molecule has 30 heavy (non-hydrogen) atoms. The molecule has 0 unspecified atom stereocenters. The Kier molecular flexibility index (Phi) is 4.63. The molecule has 0 aliphatic carbocycles. The van der Waals surface area contributed by atoms with Crippen LogP contribution in [-0.2, 0) is 0 Å². The van der Waals surface area contributed by atoms with E-state index in [-0.39, 0.29) is 11.7 Å². The van der Waals surface area contributed by atoms with Gasteiger partial charge in [0.05, 0.1) is 5.69 Å². The van der Waals surface area contributed by atoms with Crippen LogP contribution in [0, 0.1) is 5.82 Å². The fraction of sp³-hybridized carbons (Fsp3) is 0.174. The zero-order chi connectivity index (χ0) is 20.5. The Bertz CT molecular complexity index is 1160. The van der Waals surface area contributed by atoms with Crippen molar-refractivity contribution < 1.29 is 9.18 Å². The van der Waals surface area contributed by atoms with Crippen LogP contribution in [0.4, 0.5) is 10.2 Å². The highest BCUT2D eigenvalue weighted by atomic mass is 19.1. The third kappa shape index (κ3) is 3.50. The number of amides is 1. The smallest absolute Gasteiger partial charge is 0.270 e. The molecule has 2 aromatic heterocycles. The highest BCUT2D eigenvalue weighted by molar-refractivity contribution is 5.98. The minimum atomic E-state index is -0.274. The largest absolute Gasteiger partial charge is 0.353 e. The molecule has 0 bridgehead atoms. The molecule has 0 atom stereocenters. The lowest BCUT2D eigenvalue weighted by Crippen LogP contribution is -2.49. The van der Waals surface area contributed by atoms with E-state index in [1.54, 1.807) is 12.1 Å². The number of fused-ring (bicyclic) bond motifs is 1. The van der Waals surface area contributed by atoms with Crippen LogP contribution in [-0.4, -0.2) is 51.9 Å². The van der Waals surface area contributed by atoms with Crippen molar-refractivity contribution in [3.8, 4) is 11.3 Å². The van der Waals surface area contributed by atoms with Crippen LogP contribution in [0.1, 0.15) is 10.5 Å². The van der Waals surface area contributed by atoms with Gasteiger partial charge in [0.2, 0.25) is 0 Å². The summed E-state index contributed by atoms with van der Waals surface area (Å²) in [6, 6.07) is 17.9. The first-order valence-corrected chi connectivity index (χ1v) is 9.87. The van der Waals surface area contributed by atoms with E-state index in [9.17, 15) is 9.18 Å². The zero-order valence-corrected chi connectivity index (χ0v) is 16.3. The molecule has 0 radical (unpaired) electrons. The number of anilines is 1. The summed E-state index contributed by atoms with van der Waals surface area (Å²) in [7, 11) is 0. The number of nitrogens with one attached hydrogen (secondary N) is 1. The third-order valence-electron chi connectivity index (χ3n) is 5.44. The van der Waals surface area contributed by atoms with Crippen LogP contribution < -0.4 is 4.90 Å². The van der Waals surface area contributed by atoms with Crippen molar-refractivity contribution in [2.45, 2.75) is 0 Å². The van der Waals surface area contributed by atoms with Crippen molar-refractivity contribution >= 4 is 22.6 Å². The minimum absolute atomic E-state index is 0.0144. The Morgan fingerprint density at radius 2 is 1.70 bits per heavy atom. The van der Waals surface area contributed by atoms with Gasteiger partial charge in [-0.1, -0.05) is 18.2 Å². The molecule has 150 valence electrons. The zero-order valence-electron chi connectivity index (χ0n) is 16.3. The molecule has 1 aliphatic rings. The molecule has 1 fully saturated rings. The van der Waals surface area contributed by atoms with E-state index in [1.807, 2.05) is 41.3 Å². The van der Waals surface area contributed by atoms with E-state index in [0.717, 1.165) is 28.0 Å². The SMILES string of the molecule is O=C(c1cc2ccccc2[nH]1)N1CCN(c2cc(-c3ccc(F)cc3)ncn2)CC1. The first-order valence-electron chi connectivity index (χ1n) is 9.87. The molecule has 3 heterocycles. The Morgan fingerprint density at radius 3 is 2.47 bits per heavy atom. The molecule has 1 amide bonds. The summed E-state index contributed by atoms with van der Waals surface area (Å²) in [6.07, 6.45) is 1.52. The molecule has 1 aliphatic heterocycles. The predicted molar refractivity (Wildman–Crippen MR) is 114 cm³/mol. The van der Waals surface area contributed by atoms with E-state index in [1.165, 1.54) is 18.5 Å². The number of hydrogen-bond donors (Lipinski definition) is 1. The summed E-state index contributed by atoms with van der Waals surface area (Å²) in [6.45, 7) is 2.60. The second-order valence-electron chi connectivity index (χ2n) is 7.32. The van der Waals surface area contributed by atoms with Crippen LogP contribution in [0.5, 0.6) is 0 Å². The van der Waals surface area contributed by atoms with Crippen LogP contribution >= 0.6 is 0 Å². The quantitative estimate of drug-likeness (QED) is 0.568. The molecule has 6 nitrogen and oxygen atoms in total. The maximum absolute atomic E-state index is 13.2. The first kappa shape index (κ1) is 18.3. The van der Waals surface area contributed by atoms with Gasteiger partial charge in [-0.2, -0.15) is 0 Å². The number of piperazine rings is 1. The summed E-state index contributed by atoms with van der Waals surface area (Å²) in [5.74, 6) is 0.548. The van der Waals surface area contributed by atoms with Crippen LogP contribution in [0.15, 0.2) is 67.0 Å². The molecule has 1 N–H and O–H groups in total. The van der Waals surface area contributed by atoms with Gasteiger partial charge in [-0.25, -0.2) is 14.4 Å². The fourth-order valence-corrected chi connectivity index (χ4v) is 3.80. The second kappa shape index (κ2) is 7.59. The van der Waals surface area contributed by atoms with E-state index in [4.69, 9.17) is 0 Å². The highest BCUT2D eigenvalue weighted by Gasteiger charge is 2.24. The Morgan fingerprint density at radius 1 is 0.933 bits per heavy atom. The highest BCUT2D eigenvalue weighted by Crippen LogP contribution is 2.23. The number of nitrogens with zero attached hydrogens (tertiary/aromatic N) is 4. The number of halogens is 1. The lowest BCUT2D eigenvalue weighted by atomic mass is 10.1. The summed E-state index contributed by atoms with van der Waals surface area (Å²) in [5, 5.41) is 1.04. The van der Waals surface area contributed by atoms with E-state index in [2.05, 4.69) is 19.9 Å². The van der Waals surface area contributed by atoms with Gasteiger partial charge in [-0.05, 0) is 36.4 Å². The van der Waals surface area contributed by atoms with Gasteiger partial charge in [0, 0.05) is 48.7 Å². The summed E-state index contributed by atoms with van der Waals surface area (Å²) in [5.41, 5.74) is 3.17. The van der Waals surface area contributed by atoms with Gasteiger partial charge in [0.1, 0.15) is 23.7 Å². The minimum Gasteiger partial charge on any atom is -0.353 e. The number of rotatable bonds is 3. The Hall–Kier alpha value is -3.74. The number of H-pyrrole nitrogens is 1. The lowest BCUT2D eigenvalue weighted by Gasteiger charge is -2.35. The number of para-hydroxylation sites is 1. The van der Waals surface area contributed by atoms with Gasteiger partial charge in [0.15, 0.2) is 0 Å². The van der Waals surface area contributed by atoms with Crippen molar-refractivity contribution in [2.24, 2.45) is 0 Å². The van der Waals surface area contributed by atoms with Gasteiger partial charge in [-0.3, -0.25) is 4.79 Å². The average molecular weight is 401 g/mol. The lowest BCUT2D eigenvalue weighted by molar-refractivity contribution is 0.0741. The van der Waals surface area contributed by atoms with Gasteiger partial charge in [-0.15, -0.1) is 0 Å². The van der Waals surface area contributed by atoms with E-state index >= 15 is 0 Å². The molecule has 1 saturated heterocycles. The standard InChI is InChI=1S/C23H20FN5O/c24-18-7-5-16(6-8-18)20-14-22(26-15-25-20)28-9-11-29(12-10-28)23(30)21-13-17-3-1-2-4-19(17)27-21/h1-8,13-15,27H,9-12H2. The van der Waals surface area contributed by atoms with Crippen molar-refractivity contribution in [3.63, 3.8) is 0 Å². The van der Waals surface area contributed by atoms with Crippen LogP contribution in [0.25, 0.3) is 22.2 Å². The summed E-state index contributed by atoms with van der Waals surface area (Å²) < 4.78 is 13.2. The maximum Gasteiger partial charge on any atom is 0.270 e. The Balaban J connectivity index is 1.28. The van der Waals surface area contributed by atoms with Gasteiger partial charge in [0.25, 0.3) is 5.91 Å². The average Bonchev–Trinajstić information content (AvgIpc) is 3.24. The number of hydrogen-bond acceptors (Lipinski definition) is 4. The summed E-state index contributed by atoms with van der Waals surface area (Å²) >= 11 is 0. The van der Waals surface area contributed by atoms with Crippen LogP contribution in [0.3, 0.4) is 0 Å². The third-order valence-corrected chi connectivity index (χ3v) is 5.44. The second-order valence-corrected chi connectivity index (χ2v) is 7.32. The molecular formula is C23H20FN5O. The van der Waals surface area contributed by atoms with Crippen LogP contribution in [0.2, 0.25) is 0 Å². The van der Waals surface area contributed by atoms with Gasteiger partial charge < -0.3 is 14.8 Å². The van der Waals surface area contributed by atoms with Crippen molar-refractivity contribution in [2.75, 3.05) is 31.1 Å². The molecule has 0 spiro atoms. The number of carbonyl (C=O) groups excluding carboxylic acids is 1. The molecule has 5 rings (SSSR count). The normalized spacial score (nSPS) is 14.3. The van der Waals surface area contributed by atoms with Crippen molar-refractivity contribution in [3.05, 3.63) is 78.5 Å². The predicted octanol–water partition coefficient (Wildman–Crippen LogP) is 3.73. The maximum atomic E-state index is 13.2. The molecule has 4 aromatic rings. The van der Waals surface area contributed by atoms with E-state index in [0.29, 0.717) is 31.9 Å². The number of aromatic nitrogens is 3. The molecule has 7 heteroatoms. The number of carbonyl (C=O) groups is 1. The van der Waals surface area contributed by atoms with Gasteiger partial charge >= 0.3 is 0 Å². The number of aromatic amines is 1. The van der Waals surface area contributed by atoms with Crippen molar-refractivity contribution in [1.82, 2.24) is 19.9 Å². The molecule has 0 saturated carbocycles. The monoisotopic (exact) mass is 401 g/mol. The fourth-order valence-electron chi connectivity index (χ4n) is 3.80. The topological polar surface area (TPSA) is 65.1 Å². The molecular weight excluding hydrogens is 381 g/mol. The molecule has 2 aromatic carbocycles.